The van der Waals surface area contributed by atoms with Gasteiger partial charge in [-0.25, -0.2) is 0 Å². The number of aliphatic hydroxyl groups excluding tert-OH is 1. The first kappa shape index (κ1) is 26.2. The van der Waals surface area contributed by atoms with E-state index in [1.807, 2.05) is 24.3 Å². The molecule has 2 aromatic rings. The van der Waals surface area contributed by atoms with Crippen molar-refractivity contribution in [1.82, 2.24) is 14.8 Å². The van der Waals surface area contributed by atoms with E-state index in [1.165, 1.54) is 35.7 Å². The number of hydrogen-bond acceptors (Lipinski definition) is 5. The lowest BCUT2D eigenvalue weighted by Gasteiger charge is -2.21. The number of para-hydroxylation sites is 1. The second-order valence-electron chi connectivity index (χ2n) is 8.62. The summed E-state index contributed by atoms with van der Waals surface area (Å²) in [4.78, 5) is 40.8. The van der Waals surface area contributed by atoms with Gasteiger partial charge in [0.1, 0.15) is 16.9 Å². The molecule has 0 saturated heterocycles. The minimum absolute atomic E-state index is 0.0802. The third-order valence-electron chi connectivity index (χ3n) is 6.26. The van der Waals surface area contributed by atoms with Crippen molar-refractivity contribution >= 4 is 11.8 Å². The average Bonchev–Trinajstić information content (AvgIpc) is 2.88. The highest BCUT2D eigenvalue weighted by molar-refractivity contribution is 5.99. The lowest BCUT2D eigenvalue weighted by atomic mass is 9.97. The third-order valence-corrected chi connectivity index (χ3v) is 6.26. The Morgan fingerprint density at radius 2 is 1.94 bits per heavy atom. The van der Waals surface area contributed by atoms with Gasteiger partial charge >= 0.3 is 0 Å². The lowest BCUT2D eigenvalue weighted by Crippen LogP contribution is -2.39. The van der Waals surface area contributed by atoms with Gasteiger partial charge in [0, 0.05) is 37.6 Å². The van der Waals surface area contributed by atoms with Crippen LogP contribution in [0.5, 0.6) is 5.75 Å². The molecule has 3 rings (SSSR count). The van der Waals surface area contributed by atoms with E-state index in [1.54, 1.807) is 18.6 Å². The van der Waals surface area contributed by atoms with Crippen molar-refractivity contribution in [2.45, 2.75) is 45.6 Å². The molecule has 0 bridgehead atoms. The minimum Gasteiger partial charge on any atom is -0.496 e. The fourth-order valence-electron chi connectivity index (χ4n) is 4.32. The Balaban J connectivity index is 1.92. The molecule has 8 heteroatoms. The summed E-state index contributed by atoms with van der Waals surface area (Å²) in [7, 11) is 1.58. The fraction of sp³-hybridized carbons (Fsp3) is 0.444. The SMILES string of the molecule is CCN(CCO)C(=O)c1cn(Cc2ccccc2OC)cc(C(=O)NCCC2=CCCCC2)c1=O. The summed E-state index contributed by atoms with van der Waals surface area (Å²) in [5.74, 6) is -0.344. The number of likely N-dealkylation sites (N-methyl/N-ethyl adjacent to an activating group) is 1. The van der Waals surface area contributed by atoms with E-state index >= 15 is 0 Å². The van der Waals surface area contributed by atoms with Gasteiger partial charge in [-0.1, -0.05) is 29.8 Å². The van der Waals surface area contributed by atoms with Gasteiger partial charge in [-0.2, -0.15) is 0 Å². The number of ether oxygens (including phenoxy) is 1. The van der Waals surface area contributed by atoms with Crippen LogP contribution in [-0.4, -0.2) is 59.7 Å². The Morgan fingerprint density at radius 1 is 1.17 bits per heavy atom. The van der Waals surface area contributed by atoms with E-state index in [0.29, 0.717) is 25.4 Å². The standard InChI is InChI=1S/C27H35N3O5/c1-3-30(15-16-31)27(34)23-19-29(17-21-11-7-8-12-24(21)35-2)18-22(25(23)32)26(33)28-14-13-20-9-5-4-6-10-20/h7-9,11-12,18-19,31H,3-6,10,13-17H2,1-2H3,(H,28,33). The van der Waals surface area contributed by atoms with Gasteiger partial charge in [-0.05, 0) is 45.1 Å². The first-order valence-corrected chi connectivity index (χ1v) is 12.2. The molecule has 8 nitrogen and oxygen atoms in total. The van der Waals surface area contributed by atoms with Crippen molar-refractivity contribution in [1.29, 1.82) is 0 Å². The zero-order valence-electron chi connectivity index (χ0n) is 20.6. The molecule has 1 heterocycles. The first-order valence-electron chi connectivity index (χ1n) is 12.2. The van der Waals surface area contributed by atoms with Gasteiger partial charge in [-0.15, -0.1) is 0 Å². The van der Waals surface area contributed by atoms with E-state index in [0.717, 1.165) is 24.8 Å². The molecule has 0 fully saturated rings. The van der Waals surface area contributed by atoms with Crippen LogP contribution in [0.15, 0.2) is 53.1 Å². The number of methoxy groups -OCH3 is 1. The molecule has 0 atom stereocenters. The van der Waals surface area contributed by atoms with Crippen molar-refractivity contribution in [2.75, 3.05) is 33.4 Å². The molecule has 1 aliphatic carbocycles. The molecule has 1 aromatic heterocycles. The summed E-state index contributed by atoms with van der Waals surface area (Å²) in [5.41, 5.74) is 1.38. The molecule has 0 spiro atoms. The van der Waals surface area contributed by atoms with Crippen molar-refractivity contribution in [3.05, 3.63) is 75.2 Å². The summed E-state index contributed by atoms with van der Waals surface area (Å²) in [6, 6.07) is 7.45. The Morgan fingerprint density at radius 3 is 2.63 bits per heavy atom. The van der Waals surface area contributed by atoms with Crippen LogP contribution in [0, 0.1) is 0 Å². The van der Waals surface area contributed by atoms with Crippen LogP contribution in [0.1, 0.15) is 65.3 Å². The number of nitrogens with zero attached hydrogens (tertiary/aromatic N) is 2. The highest BCUT2D eigenvalue weighted by Gasteiger charge is 2.23. The number of benzene rings is 1. The van der Waals surface area contributed by atoms with Gasteiger partial charge in [-0.3, -0.25) is 14.4 Å². The summed E-state index contributed by atoms with van der Waals surface area (Å²) >= 11 is 0. The summed E-state index contributed by atoms with van der Waals surface area (Å²) in [5, 5.41) is 12.2. The number of allylic oxidation sites excluding steroid dienone is 1. The van der Waals surface area contributed by atoms with Gasteiger partial charge in [0.25, 0.3) is 11.8 Å². The number of pyridine rings is 1. The van der Waals surface area contributed by atoms with Crippen molar-refractivity contribution in [3.8, 4) is 5.75 Å². The quantitative estimate of drug-likeness (QED) is 0.481. The number of hydrogen-bond donors (Lipinski definition) is 2. The Kier molecular flexibility index (Phi) is 9.66. The predicted octanol–water partition coefficient (Wildman–Crippen LogP) is 2.98. The number of aliphatic hydroxyl groups is 1. The molecule has 0 saturated carbocycles. The zero-order valence-corrected chi connectivity index (χ0v) is 20.6. The van der Waals surface area contributed by atoms with Gasteiger partial charge in [0.05, 0.1) is 20.3 Å². The van der Waals surface area contributed by atoms with Crippen LogP contribution in [0.3, 0.4) is 0 Å². The highest BCUT2D eigenvalue weighted by Crippen LogP contribution is 2.20. The van der Waals surface area contributed by atoms with Crippen molar-refractivity contribution in [3.63, 3.8) is 0 Å². The Hall–Kier alpha value is -3.39. The minimum atomic E-state index is -0.614. The molecule has 1 aliphatic rings. The normalized spacial score (nSPS) is 13.2. The van der Waals surface area contributed by atoms with Crippen LogP contribution in [0.25, 0.3) is 0 Å². The van der Waals surface area contributed by atoms with E-state index in [2.05, 4.69) is 11.4 Å². The Bertz CT molecular complexity index is 1120. The summed E-state index contributed by atoms with van der Waals surface area (Å²) in [6.07, 6.45) is 10.4. The van der Waals surface area contributed by atoms with Crippen LogP contribution in [-0.2, 0) is 6.54 Å². The maximum Gasteiger partial charge on any atom is 0.259 e. The van der Waals surface area contributed by atoms with Crippen LogP contribution >= 0.6 is 0 Å². The molecule has 1 aromatic carbocycles. The maximum absolute atomic E-state index is 13.2. The van der Waals surface area contributed by atoms with Gasteiger partial charge < -0.3 is 24.6 Å². The fourth-order valence-corrected chi connectivity index (χ4v) is 4.32. The smallest absolute Gasteiger partial charge is 0.259 e. The predicted molar refractivity (Wildman–Crippen MR) is 135 cm³/mol. The van der Waals surface area contributed by atoms with Gasteiger partial charge in [0.2, 0.25) is 5.43 Å². The highest BCUT2D eigenvalue weighted by atomic mass is 16.5. The summed E-state index contributed by atoms with van der Waals surface area (Å²) in [6.45, 7) is 2.73. The molecule has 0 unspecified atom stereocenters. The average molecular weight is 482 g/mol. The molecule has 2 amide bonds. The molecule has 0 aliphatic heterocycles. The Labute approximate surface area is 206 Å². The largest absolute Gasteiger partial charge is 0.496 e. The monoisotopic (exact) mass is 481 g/mol. The number of carbonyl (C=O) groups excluding carboxylic acids is 2. The first-order chi connectivity index (χ1) is 17.0. The topological polar surface area (TPSA) is 101 Å². The van der Waals surface area contributed by atoms with Crippen molar-refractivity contribution < 1.29 is 19.4 Å². The number of nitrogens with one attached hydrogen (secondary N) is 1. The second-order valence-corrected chi connectivity index (χ2v) is 8.62. The van der Waals surface area contributed by atoms with E-state index in [-0.39, 0.29) is 24.3 Å². The van der Waals surface area contributed by atoms with Crippen molar-refractivity contribution in [2.24, 2.45) is 0 Å². The van der Waals surface area contributed by atoms with Crippen LogP contribution in [0.4, 0.5) is 0 Å². The lowest BCUT2D eigenvalue weighted by molar-refractivity contribution is 0.0729. The molecule has 35 heavy (non-hydrogen) atoms. The molecule has 188 valence electrons. The number of amides is 2. The summed E-state index contributed by atoms with van der Waals surface area (Å²) < 4.78 is 7.10. The maximum atomic E-state index is 13.2. The third kappa shape index (κ3) is 6.82. The second kappa shape index (κ2) is 12.9. The molecule has 2 N–H and O–H groups in total. The van der Waals surface area contributed by atoms with E-state index < -0.39 is 17.2 Å². The zero-order chi connectivity index (χ0) is 25.2. The number of aromatic nitrogens is 1. The van der Waals surface area contributed by atoms with Gasteiger partial charge in [0.15, 0.2) is 0 Å². The number of carbonyl (C=O) groups is 2. The molecular formula is C27H35N3O5. The number of rotatable bonds is 11. The van der Waals surface area contributed by atoms with Crippen LogP contribution in [0.2, 0.25) is 0 Å². The van der Waals surface area contributed by atoms with E-state index in [9.17, 15) is 19.5 Å². The molecule has 0 radical (unpaired) electrons. The van der Waals surface area contributed by atoms with E-state index in [4.69, 9.17) is 4.74 Å². The van der Waals surface area contributed by atoms with Crippen LogP contribution < -0.4 is 15.5 Å². The molecular weight excluding hydrogens is 446 g/mol.